The first kappa shape index (κ1) is 14.2. The highest BCUT2D eigenvalue weighted by molar-refractivity contribution is 7.99. The number of aromatic nitrogens is 1. The van der Waals surface area contributed by atoms with Crippen molar-refractivity contribution < 1.29 is 4.79 Å². The lowest BCUT2D eigenvalue weighted by molar-refractivity contribution is 0.0939. The van der Waals surface area contributed by atoms with Gasteiger partial charge in [0.2, 0.25) is 0 Å². The number of rotatable bonds is 5. The van der Waals surface area contributed by atoms with E-state index in [0.717, 1.165) is 30.8 Å². The van der Waals surface area contributed by atoms with Gasteiger partial charge in [-0.3, -0.25) is 9.78 Å². The van der Waals surface area contributed by atoms with Gasteiger partial charge in [-0.15, -0.1) is 0 Å². The van der Waals surface area contributed by atoms with Crippen LogP contribution in [0.1, 0.15) is 36.5 Å². The van der Waals surface area contributed by atoms with Crippen LogP contribution in [-0.2, 0) is 0 Å². The van der Waals surface area contributed by atoms with E-state index in [-0.39, 0.29) is 5.91 Å². The van der Waals surface area contributed by atoms with Crippen LogP contribution in [-0.4, -0.2) is 35.0 Å². The molecule has 1 unspecified atom stereocenters. The molecule has 2 N–H and O–H groups in total. The summed E-state index contributed by atoms with van der Waals surface area (Å²) in [6, 6.07) is 2.09. The maximum Gasteiger partial charge on any atom is 0.253 e. The average molecular weight is 279 g/mol. The SMILES string of the molecule is CCCNc1cnccc1C(=O)NC1CCCSC1. The molecule has 1 aromatic rings. The molecule has 0 aromatic carbocycles. The Morgan fingerprint density at radius 3 is 3.21 bits per heavy atom. The van der Waals surface area contributed by atoms with Crippen molar-refractivity contribution in [1.82, 2.24) is 10.3 Å². The van der Waals surface area contributed by atoms with Crippen LogP contribution < -0.4 is 10.6 Å². The number of anilines is 1. The van der Waals surface area contributed by atoms with Crippen LogP contribution in [0.4, 0.5) is 5.69 Å². The molecule has 19 heavy (non-hydrogen) atoms. The molecule has 1 aliphatic rings. The number of amides is 1. The van der Waals surface area contributed by atoms with Gasteiger partial charge in [0.25, 0.3) is 5.91 Å². The highest BCUT2D eigenvalue weighted by Crippen LogP contribution is 2.19. The van der Waals surface area contributed by atoms with Crippen molar-refractivity contribution in [2.45, 2.75) is 32.2 Å². The second kappa shape index (κ2) is 7.38. The molecule has 2 rings (SSSR count). The Morgan fingerprint density at radius 1 is 1.58 bits per heavy atom. The van der Waals surface area contributed by atoms with Crippen LogP contribution in [0.2, 0.25) is 0 Å². The van der Waals surface area contributed by atoms with E-state index >= 15 is 0 Å². The molecular formula is C14H21N3OS. The standard InChI is InChI=1S/C14H21N3OS/c1-2-6-16-13-9-15-7-5-12(13)14(18)17-11-4-3-8-19-10-11/h5,7,9,11,16H,2-4,6,8,10H2,1H3,(H,17,18). The number of hydrogen-bond donors (Lipinski definition) is 2. The number of thioether (sulfide) groups is 1. The molecule has 0 bridgehead atoms. The largest absolute Gasteiger partial charge is 0.383 e. The van der Waals surface area contributed by atoms with Crippen molar-refractivity contribution in [2.24, 2.45) is 0 Å². The lowest BCUT2D eigenvalue weighted by atomic mass is 10.1. The second-order valence-corrected chi connectivity index (χ2v) is 5.89. The van der Waals surface area contributed by atoms with Crippen LogP contribution in [0.5, 0.6) is 0 Å². The molecule has 1 aliphatic heterocycles. The molecule has 1 saturated heterocycles. The molecule has 2 heterocycles. The predicted octanol–water partition coefficient (Wildman–Crippen LogP) is 2.53. The monoisotopic (exact) mass is 279 g/mol. The lowest BCUT2D eigenvalue weighted by Crippen LogP contribution is -2.38. The van der Waals surface area contributed by atoms with Crippen molar-refractivity contribution in [3.05, 3.63) is 24.0 Å². The summed E-state index contributed by atoms with van der Waals surface area (Å²) in [4.78, 5) is 16.4. The molecular weight excluding hydrogens is 258 g/mol. The smallest absolute Gasteiger partial charge is 0.253 e. The fourth-order valence-electron chi connectivity index (χ4n) is 2.11. The molecule has 1 atom stereocenters. The first-order chi connectivity index (χ1) is 9.31. The summed E-state index contributed by atoms with van der Waals surface area (Å²) in [5.41, 5.74) is 1.52. The summed E-state index contributed by atoms with van der Waals surface area (Å²) in [7, 11) is 0. The van der Waals surface area contributed by atoms with Crippen LogP contribution in [0.3, 0.4) is 0 Å². The predicted molar refractivity (Wildman–Crippen MR) is 80.8 cm³/mol. The fourth-order valence-corrected chi connectivity index (χ4v) is 3.18. The maximum atomic E-state index is 12.3. The normalized spacial score (nSPS) is 18.9. The third-order valence-electron chi connectivity index (χ3n) is 3.13. The Kier molecular flexibility index (Phi) is 5.51. The highest BCUT2D eigenvalue weighted by atomic mass is 32.2. The molecule has 104 valence electrons. The van der Waals surface area contributed by atoms with Gasteiger partial charge >= 0.3 is 0 Å². The lowest BCUT2D eigenvalue weighted by Gasteiger charge is -2.23. The van der Waals surface area contributed by atoms with E-state index in [1.165, 1.54) is 12.2 Å². The van der Waals surface area contributed by atoms with Crippen LogP contribution in [0.15, 0.2) is 18.5 Å². The zero-order valence-corrected chi connectivity index (χ0v) is 12.1. The Labute approximate surface area is 118 Å². The number of nitrogens with zero attached hydrogens (tertiary/aromatic N) is 1. The zero-order valence-electron chi connectivity index (χ0n) is 11.3. The molecule has 0 spiro atoms. The van der Waals surface area contributed by atoms with Gasteiger partial charge in [0.05, 0.1) is 17.4 Å². The Hall–Kier alpha value is -1.23. The topological polar surface area (TPSA) is 54.0 Å². The third-order valence-corrected chi connectivity index (χ3v) is 4.34. The van der Waals surface area contributed by atoms with E-state index < -0.39 is 0 Å². The maximum absolute atomic E-state index is 12.3. The molecule has 1 fully saturated rings. The van der Waals surface area contributed by atoms with Gasteiger partial charge < -0.3 is 10.6 Å². The van der Waals surface area contributed by atoms with Crippen molar-refractivity contribution >= 4 is 23.4 Å². The molecule has 0 radical (unpaired) electrons. The van der Waals surface area contributed by atoms with Gasteiger partial charge in [0.1, 0.15) is 0 Å². The van der Waals surface area contributed by atoms with Crippen molar-refractivity contribution in [2.75, 3.05) is 23.4 Å². The Bertz CT molecular complexity index is 419. The van der Waals surface area contributed by atoms with Gasteiger partial charge in [-0.05, 0) is 31.1 Å². The minimum absolute atomic E-state index is 0.00787. The highest BCUT2D eigenvalue weighted by Gasteiger charge is 2.18. The summed E-state index contributed by atoms with van der Waals surface area (Å²) < 4.78 is 0. The average Bonchev–Trinajstić information content (AvgIpc) is 2.46. The van der Waals surface area contributed by atoms with Gasteiger partial charge in [-0.1, -0.05) is 6.92 Å². The van der Waals surface area contributed by atoms with Gasteiger partial charge in [0, 0.05) is 24.5 Å². The van der Waals surface area contributed by atoms with E-state index in [2.05, 4.69) is 22.5 Å². The number of carbonyl (C=O) groups is 1. The summed E-state index contributed by atoms with van der Waals surface area (Å²) in [6.45, 7) is 2.95. The minimum atomic E-state index is 0.00787. The molecule has 1 aromatic heterocycles. The molecule has 0 aliphatic carbocycles. The van der Waals surface area contributed by atoms with Crippen molar-refractivity contribution in [3.63, 3.8) is 0 Å². The summed E-state index contributed by atoms with van der Waals surface area (Å²) >= 11 is 1.92. The van der Waals surface area contributed by atoms with E-state index in [4.69, 9.17) is 0 Å². The van der Waals surface area contributed by atoms with E-state index in [9.17, 15) is 4.79 Å². The molecule has 1 amide bonds. The van der Waals surface area contributed by atoms with Crippen LogP contribution in [0.25, 0.3) is 0 Å². The number of nitrogens with one attached hydrogen (secondary N) is 2. The zero-order chi connectivity index (χ0) is 13.5. The molecule has 4 nitrogen and oxygen atoms in total. The Balaban J connectivity index is 2.00. The minimum Gasteiger partial charge on any atom is -0.383 e. The van der Waals surface area contributed by atoms with Crippen LogP contribution in [0, 0.1) is 0 Å². The fraction of sp³-hybridized carbons (Fsp3) is 0.571. The third kappa shape index (κ3) is 4.13. The van der Waals surface area contributed by atoms with Gasteiger partial charge in [-0.25, -0.2) is 0 Å². The van der Waals surface area contributed by atoms with Crippen molar-refractivity contribution in [1.29, 1.82) is 0 Å². The molecule has 5 heteroatoms. The first-order valence-corrected chi connectivity index (χ1v) is 8.03. The summed E-state index contributed by atoms with van der Waals surface area (Å²) in [5.74, 6) is 2.24. The van der Waals surface area contributed by atoms with E-state index in [1.807, 2.05) is 11.8 Å². The van der Waals surface area contributed by atoms with Crippen molar-refractivity contribution in [3.8, 4) is 0 Å². The first-order valence-electron chi connectivity index (χ1n) is 6.87. The van der Waals surface area contributed by atoms with E-state index in [1.54, 1.807) is 18.5 Å². The number of hydrogen-bond acceptors (Lipinski definition) is 4. The quantitative estimate of drug-likeness (QED) is 0.869. The van der Waals surface area contributed by atoms with Gasteiger partial charge in [-0.2, -0.15) is 11.8 Å². The van der Waals surface area contributed by atoms with Crippen LogP contribution >= 0.6 is 11.8 Å². The summed E-state index contributed by atoms with van der Waals surface area (Å²) in [6.07, 6.45) is 6.69. The summed E-state index contributed by atoms with van der Waals surface area (Å²) in [5, 5.41) is 6.38. The number of carbonyl (C=O) groups excluding carboxylic acids is 1. The second-order valence-electron chi connectivity index (χ2n) is 4.74. The molecule has 0 saturated carbocycles. The number of pyridine rings is 1. The van der Waals surface area contributed by atoms with Gasteiger partial charge in [0.15, 0.2) is 0 Å². The van der Waals surface area contributed by atoms with E-state index in [0.29, 0.717) is 11.6 Å². The Morgan fingerprint density at radius 2 is 2.47 bits per heavy atom.